The number of anilines is 2. The van der Waals surface area contributed by atoms with Crippen molar-refractivity contribution in [3.05, 3.63) is 52.2 Å². The first kappa shape index (κ1) is 17.8. The van der Waals surface area contributed by atoms with E-state index in [1.807, 2.05) is 42.5 Å². The molecular weight excluding hydrogens is 390 g/mol. The summed E-state index contributed by atoms with van der Waals surface area (Å²) >= 11 is 2.31. The van der Waals surface area contributed by atoms with Crippen molar-refractivity contribution in [1.82, 2.24) is 4.98 Å². The van der Waals surface area contributed by atoms with Crippen LogP contribution in [0, 0.1) is 21.3 Å². The van der Waals surface area contributed by atoms with Gasteiger partial charge in [-0.2, -0.15) is 15.5 Å². The molecule has 0 bridgehead atoms. The highest BCUT2D eigenvalue weighted by Crippen LogP contribution is 2.24. The van der Waals surface area contributed by atoms with Gasteiger partial charge in [0.15, 0.2) is 5.13 Å². The molecule has 1 atom stereocenters. The molecule has 2 aromatic rings. The van der Waals surface area contributed by atoms with Crippen molar-refractivity contribution in [3.63, 3.8) is 0 Å². The van der Waals surface area contributed by atoms with Crippen molar-refractivity contribution in [2.45, 2.75) is 17.4 Å². The molecule has 3 rings (SSSR count). The van der Waals surface area contributed by atoms with Gasteiger partial charge in [0.25, 0.3) is 0 Å². The first-order valence-corrected chi connectivity index (χ1v) is 10.9. The molecule has 0 radical (unpaired) electrons. The number of nitriles is 2. The van der Waals surface area contributed by atoms with E-state index in [0.29, 0.717) is 0 Å². The number of aromatic nitrogens is 1. The van der Waals surface area contributed by atoms with E-state index in [2.05, 4.69) is 26.1 Å². The SMILES string of the molecule is N#CSC1=CCC(N=c2nc(Nc3ccc(SC#N)cc3)ss2)C=C1. The zero-order valence-electron chi connectivity index (χ0n) is 12.7. The fraction of sp³-hybridized carbons (Fsp3) is 0.125. The van der Waals surface area contributed by atoms with Gasteiger partial charge < -0.3 is 5.32 Å². The second-order valence-electron chi connectivity index (χ2n) is 4.80. The largest absolute Gasteiger partial charge is 0.331 e. The first-order chi connectivity index (χ1) is 12.3. The van der Waals surface area contributed by atoms with Gasteiger partial charge in [0.1, 0.15) is 10.8 Å². The molecule has 1 aromatic carbocycles. The highest BCUT2D eigenvalue weighted by atomic mass is 32.9. The average molecular weight is 402 g/mol. The van der Waals surface area contributed by atoms with Crippen molar-refractivity contribution in [1.29, 1.82) is 10.5 Å². The van der Waals surface area contributed by atoms with Gasteiger partial charge in [-0.25, -0.2) is 4.99 Å². The van der Waals surface area contributed by atoms with Crippen LogP contribution in [0.25, 0.3) is 0 Å². The molecule has 0 saturated heterocycles. The van der Waals surface area contributed by atoms with Gasteiger partial charge in [-0.15, -0.1) is 0 Å². The monoisotopic (exact) mass is 401 g/mol. The molecule has 0 aliphatic heterocycles. The normalized spacial score (nSPS) is 16.8. The van der Waals surface area contributed by atoms with E-state index in [0.717, 1.165) is 43.6 Å². The number of hydrogen-bond donors (Lipinski definition) is 1. The summed E-state index contributed by atoms with van der Waals surface area (Å²) in [5.41, 5.74) is 0.925. The quantitative estimate of drug-likeness (QED) is 0.438. The van der Waals surface area contributed by atoms with Crippen LogP contribution < -0.4 is 10.1 Å². The maximum absolute atomic E-state index is 8.67. The maximum Gasteiger partial charge on any atom is 0.217 e. The minimum atomic E-state index is 0.0662. The summed E-state index contributed by atoms with van der Waals surface area (Å²) in [7, 11) is 3.06. The fourth-order valence-corrected chi connectivity index (χ4v) is 4.59. The summed E-state index contributed by atoms with van der Waals surface area (Å²) in [6, 6.07) is 7.71. The molecule has 1 aliphatic rings. The lowest BCUT2D eigenvalue weighted by Gasteiger charge is -2.08. The summed E-state index contributed by atoms with van der Waals surface area (Å²) in [6.07, 6.45) is 6.75. The number of allylic oxidation sites excluding steroid dienone is 1. The summed E-state index contributed by atoms with van der Waals surface area (Å²) in [4.78, 5) is 11.8. The summed E-state index contributed by atoms with van der Waals surface area (Å²) in [6.45, 7) is 0. The van der Waals surface area contributed by atoms with Crippen molar-refractivity contribution in [3.8, 4) is 10.8 Å². The van der Waals surface area contributed by atoms with Crippen LogP contribution in [0.1, 0.15) is 6.42 Å². The molecule has 0 fully saturated rings. The first-order valence-electron chi connectivity index (χ1n) is 7.15. The Hall–Kier alpha value is -2.04. The lowest BCUT2D eigenvalue weighted by Crippen LogP contribution is -2.10. The minimum Gasteiger partial charge on any atom is -0.331 e. The zero-order valence-corrected chi connectivity index (χ0v) is 16.0. The van der Waals surface area contributed by atoms with Gasteiger partial charge >= 0.3 is 0 Å². The number of hydrogen-bond acceptors (Lipinski definition) is 9. The third-order valence-corrected chi connectivity index (χ3v) is 6.32. The van der Waals surface area contributed by atoms with Crippen LogP contribution >= 0.6 is 44.2 Å². The molecule has 1 N–H and O–H groups in total. The van der Waals surface area contributed by atoms with Crippen LogP contribution in [-0.2, 0) is 0 Å². The number of benzene rings is 1. The van der Waals surface area contributed by atoms with Gasteiger partial charge in [0, 0.05) is 15.5 Å². The van der Waals surface area contributed by atoms with Crippen LogP contribution in [0.4, 0.5) is 10.8 Å². The molecule has 124 valence electrons. The van der Waals surface area contributed by atoms with Crippen molar-refractivity contribution >= 4 is 55.0 Å². The van der Waals surface area contributed by atoms with E-state index in [9.17, 15) is 0 Å². The molecule has 1 aromatic heterocycles. The lowest BCUT2D eigenvalue weighted by molar-refractivity contribution is 0.795. The van der Waals surface area contributed by atoms with Crippen LogP contribution in [0.5, 0.6) is 0 Å². The minimum absolute atomic E-state index is 0.0662. The van der Waals surface area contributed by atoms with E-state index in [-0.39, 0.29) is 6.04 Å². The van der Waals surface area contributed by atoms with Gasteiger partial charge in [0.2, 0.25) is 4.80 Å². The maximum atomic E-state index is 8.67. The predicted molar refractivity (Wildman–Crippen MR) is 106 cm³/mol. The van der Waals surface area contributed by atoms with E-state index < -0.39 is 0 Å². The Balaban J connectivity index is 1.64. The molecular formula is C16H11N5S4. The Morgan fingerprint density at radius 3 is 2.64 bits per heavy atom. The van der Waals surface area contributed by atoms with Crippen LogP contribution in [-0.4, -0.2) is 11.0 Å². The third-order valence-electron chi connectivity index (χ3n) is 3.14. The molecule has 0 amide bonds. The molecule has 1 unspecified atom stereocenters. The van der Waals surface area contributed by atoms with E-state index in [1.165, 1.54) is 32.4 Å². The molecule has 5 nitrogen and oxygen atoms in total. The van der Waals surface area contributed by atoms with Crippen LogP contribution in [0.2, 0.25) is 0 Å². The molecule has 9 heteroatoms. The van der Waals surface area contributed by atoms with Crippen LogP contribution in [0.15, 0.2) is 57.3 Å². The molecule has 1 aliphatic carbocycles. The summed E-state index contributed by atoms with van der Waals surface area (Å²) in [5.74, 6) is 0. The Bertz CT molecular complexity index is 940. The number of thioether (sulfide) groups is 2. The van der Waals surface area contributed by atoms with Crippen LogP contribution in [0.3, 0.4) is 0 Å². The molecule has 1 heterocycles. The van der Waals surface area contributed by atoms with Gasteiger partial charge in [-0.3, -0.25) is 0 Å². The topological polar surface area (TPSA) is 84.9 Å². The Labute approximate surface area is 160 Å². The van der Waals surface area contributed by atoms with E-state index in [1.54, 1.807) is 0 Å². The molecule has 0 spiro atoms. The third kappa shape index (κ3) is 5.21. The lowest BCUT2D eigenvalue weighted by atomic mass is 10.1. The van der Waals surface area contributed by atoms with Crippen molar-refractivity contribution in [2.75, 3.05) is 5.32 Å². The molecule has 25 heavy (non-hydrogen) atoms. The van der Waals surface area contributed by atoms with Gasteiger partial charge in [-0.05, 0) is 81.0 Å². The number of nitrogens with zero attached hydrogens (tertiary/aromatic N) is 4. The van der Waals surface area contributed by atoms with Crippen molar-refractivity contribution < 1.29 is 0 Å². The number of rotatable bonds is 5. The van der Waals surface area contributed by atoms with E-state index >= 15 is 0 Å². The Morgan fingerprint density at radius 2 is 1.96 bits per heavy atom. The smallest absolute Gasteiger partial charge is 0.217 e. The van der Waals surface area contributed by atoms with Gasteiger partial charge in [-0.1, -0.05) is 12.2 Å². The highest BCUT2D eigenvalue weighted by Gasteiger charge is 2.08. The van der Waals surface area contributed by atoms with Gasteiger partial charge in [0.05, 0.1) is 6.04 Å². The van der Waals surface area contributed by atoms with E-state index in [4.69, 9.17) is 10.5 Å². The number of nitrogens with one attached hydrogen (secondary N) is 1. The predicted octanol–water partition coefficient (Wildman–Crippen LogP) is 4.85. The highest BCUT2D eigenvalue weighted by molar-refractivity contribution is 8.07. The summed E-state index contributed by atoms with van der Waals surface area (Å²) < 4.78 is 0. The average Bonchev–Trinajstić information content (AvgIpc) is 3.06. The standard InChI is InChI=1S/C16H11N5S4/c17-9-22-13-5-1-11(2-6-13)19-15-21-16(25-24-15)20-12-3-7-14(8-4-12)23-10-18/h1-3,5-8,12H,4H2,(H,19,20,21). The fourth-order valence-electron chi connectivity index (χ4n) is 2.04. The molecule has 0 saturated carbocycles. The van der Waals surface area contributed by atoms with Crippen molar-refractivity contribution in [2.24, 2.45) is 4.99 Å². The Kier molecular flexibility index (Phi) is 6.31. The second-order valence-corrected chi connectivity index (χ2v) is 8.60. The Morgan fingerprint density at radius 1 is 1.16 bits per heavy atom. The number of thiocyanates is 2. The second kappa shape index (κ2) is 8.88. The summed E-state index contributed by atoms with van der Waals surface area (Å²) in [5, 5.41) is 25.5. The zero-order chi connectivity index (χ0) is 17.5.